The van der Waals surface area contributed by atoms with Gasteiger partial charge in [-0.3, -0.25) is 4.79 Å². The fourth-order valence-corrected chi connectivity index (χ4v) is 2.36. The lowest BCUT2D eigenvalue weighted by Crippen LogP contribution is -2.44. The first-order valence-corrected chi connectivity index (χ1v) is 7.54. The Morgan fingerprint density at radius 2 is 1.81 bits per heavy atom. The lowest BCUT2D eigenvalue weighted by atomic mass is 10.2. The monoisotopic (exact) mass is 324 g/mol. The van der Waals surface area contributed by atoms with Crippen molar-refractivity contribution in [2.24, 2.45) is 0 Å². The number of esters is 1. The molecule has 0 fully saturated rings. The zero-order chi connectivity index (χ0) is 16.5. The molecule has 0 aliphatic rings. The Morgan fingerprint density at radius 3 is 2.29 bits per heavy atom. The molecule has 9 heteroatoms. The summed E-state index contributed by atoms with van der Waals surface area (Å²) in [7, 11) is 0. The maximum absolute atomic E-state index is 11.4. The molecular weight excluding hydrogens is 304 g/mol. The van der Waals surface area contributed by atoms with Crippen molar-refractivity contribution >= 4 is 29.7 Å². The smallest absolute Gasteiger partial charge is 0.367 e. The minimum absolute atomic E-state index is 0.00138. The molecule has 0 saturated heterocycles. The van der Waals surface area contributed by atoms with E-state index in [-0.39, 0.29) is 6.42 Å². The number of thioether (sulfide) groups is 1. The average molecular weight is 324 g/mol. The number of unbranched alkanes of at least 4 members (excludes halogenated alkanes) is 1. The predicted molar refractivity (Wildman–Crippen MR) is 73.8 cm³/mol. The molecule has 0 bridgehead atoms. The van der Waals surface area contributed by atoms with Crippen LogP contribution in [0.3, 0.4) is 0 Å². The number of carbonyl (C=O) groups excluding carboxylic acids is 1. The highest BCUT2D eigenvalue weighted by Gasteiger charge is 2.40. The van der Waals surface area contributed by atoms with E-state index < -0.39 is 36.2 Å². The fourth-order valence-electron chi connectivity index (χ4n) is 1.28. The van der Waals surface area contributed by atoms with Crippen molar-refractivity contribution in [1.82, 2.24) is 0 Å². The van der Waals surface area contributed by atoms with Crippen LogP contribution in [0.5, 0.6) is 0 Å². The van der Waals surface area contributed by atoms with Crippen LogP contribution < -0.4 is 0 Å². The van der Waals surface area contributed by atoms with E-state index in [1.54, 1.807) is 0 Å². The normalized spacial score (nSPS) is 12.7. The highest BCUT2D eigenvalue weighted by Crippen LogP contribution is 2.14. The van der Waals surface area contributed by atoms with Crippen molar-refractivity contribution in [3.05, 3.63) is 0 Å². The number of aliphatic carboxylic acids is 2. The van der Waals surface area contributed by atoms with Gasteiger partial charge in [0.15, 0.2) is 6.10 Å². The van der Waals surface area contributed by atoms with Crippen LogP contribution in [-0.4, -0.2) is 61.7 Å². The molecule has 1 unspecified atom stereocenters. The molecule has 0 aliphatic heterocycles. The van der Waals surface area contributed by atoms with Crippen molar-refractivity contribution in [1.29, 1.82) is 0 Å². The highest BCUT2D eigenvalue weighted by molar-refractivity contribution is 7.99. The summed E-state index contributed by atoms with van der Waals surface area (Å²) in [5, 5.41) is 35.8. The molecule has 4 N–H and O–H groups in total. The van der Waals surface area contributed by atoms with Gasteiger partial charge < -0.3 is 25.2 Å². The van der Waals surface area contributed by atoms with Gasteiger partial charge >= 0.3 is 17.9 Å². The van der Waals surface area contributed by atoms with Crippen molar-refractivity contribution in [2.75, 3.05) is 11.5 Å². The van der Waals surface area contributed by atoms with Crippen LogP contribution in [0.15, 0.2) is 0 Å². The number of carboxylic acids is 2. The number of hydrogen-bond donors (Lipinski definition) is 4. The van der Waals surface area contributed by atoms with Gasteiger partial charge in [0.05, 0.1) is 0 Å². The number of hydrogen-bond acceptors (Lipinski definition) is 7. The first-order chi connectivity index (χ1) is 9.70. The van der Waals surface area contributed by atoms with E-state index in [2.05, 4.69) is 4.74 Å². The quantitative estimate of drug-likeness (QED) is 0.236. The van der Waals surface area contributed by atoms with Gasteiger partial charge in [-0.15, -0.1) is 0 Å². The third-order valence-corrected chi connectivity index (χ3v) is 3.52. The van der Waals surface area contributed by atoms with Gasteiger partial charge in [0.2, 0.25) is 0 Å². The summed E-state index contributed by atoms with van der Waals surface area (Å²) in [6.07, 6.45) is -0.838. The van der Waals surface area contributed by atoms with E-state index in [1.165, 1.54) is 11.8 Å². The molecule has 0 saturated carbocycles. The van der Waals surface area contributed by atoms with Gasteiger partial charge in [-0.25, -0.2) is 9.59 Å². The molecule has 0 spiro atoms. The molecule has 0 aromatic carbocycles. The van der Waals surface area contributed by atoms with Crippen LogP contribution in [0.1, 0.15) is 32.6 Å². The maximum atomic E-state index is 11.4. The Hall–Kier alpha value is -1.32. The van der Waals surface area contributed by atoms with Crippen LogP contribution in [0, 0.1) is 0 Å². The number of rotatable bonds is 11. The van der Waals surface area contributed by atoms with Crippen molar-refractivity contribution in [3.63, 3.8) is 0 Å². The lowest BCUT2D eigenvalue weighted by Gasteiger charge is -2.21. The molecule has 0 aliphatic carbocycles. The van der Waals surface area contributed by atoms with Crippen molar-refractivity contribution in [3.8, 4) is 0 Å². The minimum Gasteiger partial charge on any atom is -0.481 e. The predicted octanol–water partition coefficient (Wildman–Crippen LogP) is 0.0618. The SMILES string of the molecule is CCCCSCCC(OC(=O)C(O)(O)CC(=O)O)C(=O)O. The summed E-state index contributed by atoms with van der Waals surface area (Å²) in [4.78, 5) is 32.7. The third kappa shape index (κ3) is 8.53. The standard InChI is InChI=1S/C12H20O8S/c1-2-3-5-21-6-4-8(10(15)16)20-11(17)12(18,19)7-9(13)14/h8,18-19H,2-7H2,1H3,(H,13,14)(H,15,16). The van der Waals surface area contributed by atoms with E-state index in [4.69, 9.17) is 10.2 Å². The molecule has 8 nitrogen and oxygen atoms in total. The van der Waals surface area contributed by atoms with Crippen LogP contribution in [-0.2, 0) is 19.1 Å². The Morgan fingerprint density at radius 1 is 1.19 bits per heavy atom. The van der Waals surface area contributed by atoms with Gasteiger partial charge in [0, 0.05) is 6.42 Å². The number of carbonyl (C=O) groups is 3. The van der Waals surface area contributed by atoms with Gasteiger partial charge in [-0.05, 0) is 17.9 Å². The first-order valence-electron chi connectivity index (χ1n) is 6.39. The van der Waals surface area contributed by atoms with Crippen LogP contribution >= 0.6 is 11.8 Å². The van der Waals surface area contributed by atoms with Crippen molar-refractivity contribution < 1.29 is 39.5 Å². The molecule has 0 amide bonds. The third-order valence-electron chi connectivity index (χ3n) is 2.42. The Labute approximate surface area is 126 Å². The highest BCUT2D eigenvalue weighted by atomic mass is 32.2. The molecule has 0 heterocycles. The van der Waals surface area contributed by atoms with Gasteiger partial charge in [0.25, 0.3) is 5.79 Å². The van der Waals surface area contributed by atoms with Gasteiger partial charge in [-0.2, -0.15) is 11.8 Å². The van der Waals surface area contributed by atoms with E-state index in [9.17, 15) is 24.6 Å². The molecule has 21 heavy (non-hydrogen) atoms. The number of ether oxygens (including phenoxy) is 1. The van der Waals surface area contributed by atoms with E-state index in [0.29, 0.717) is 5.75 Å². The number of carboxylic acid groups (broad SMARTS) is 2. The second-order valence-corrected chi connectivity index (χ2v) is 5.60. The summed E-state index contributed by atoms with van der Waals surface area (Å²) in [5.74, 6) is -6.71. The van der Waals surface area contributed by atoms with E-state index in [1.807, 2.05) is 6.92 Å². The van der Waals surface area contributed by atoms with Gasteiger partial charge in [-0.1, -0.05) is 13.3 Å². The van der Waals surface area contributed by atoms with E-state index >= 15 is 0 Å². The molecule has 1 atom stereocenters. The summed E-state index contributed by atoms with van der Waals surface area (Å²) < 4.78 is 4.47. The second kappa shape index (κ2) is 9.59. The zero-order valence-electron chi connectivity index (χ0n) is 11.7. The minimum atomic E-state index is -3.24. The number of aliphatic hydroxyl groups is 2. The molecule has 0 aromatic rings. The summed E-state index contributed by atoms with van der Waals surface area (Å²) in [5.41, 5.74) is 0. The largest absolute Gasteiger partial charge is 0.481 e. The Bertz CT molecular complexity index is 368. The molecular formula is C12H20O8S. The molecule has 0 radical (unpaired) electrons. The topological polar surface area (TPSA) is 141 Å². The van der Waals surface area contributed by atoms with Crippen LogP contribution in [0.4, 0.5) is 0 Å². The van der Waals surface area contributed by atoms with Gasteiger partial charge in [0.1, 0.15) is 6.42 Å². The Balaban J connectivity index is 4.39. The summed E-state index contributed by atoms with van der Waals surface area (Å²) >= 11 is 1.50. The fraction of sp³-hybridized carbons (Fsp3) is 0.750. The zero-order valence-corrected chi connectivity index (χ0v) is 12.5. The summed E-state index contributed by atoms with van der Waals surface area (Å²) in [6, 6.07) is 0. The van der Waals surface area contributed by atoms with Crippen LogP contribution in [0.25, 0.3) is 0 Å². The second-order valence-electron chi connectivity index (χ2n) is 4.37. The lowest BCUT2D eigenvalue weighted by molar-refractivity contribution is -0.219. The average Bonchev–Trinajstić information content (AvgIpc) is 2.35. The molecule has 122 valence electrons. The first kappa shape index (κ1) is 19.7. The summed E-state index contributed by atoms with van der Waals surface area (Å²) in [6.45, 7) is 2.02. The molecule has 0 aromatic heterocycles. The van der Waals surface area contributed by atoms with Crippen molar-refractivity contribution in [2.45, 2.75) is 44.5 Å². The maximum Gasteiger partial charge on any atom is 0.367 e. The van der Waals surface area contributed by atoms with Crippen LogP contribution in [0.2, 0.25) is 0 Å². The molecule has 0 rings (SSSR count). The van der Waals surface area contributed by atoms with E-state index in [0.717, 1.165) is 18.6 Å². The Kier molecular flexibility index (Phi) is 8.98.